The van der Waals surface area contributed by atoms with Crippen LogP contribution in [0.25, 0.3) is 0 Å². The highest BCUT2D eigenvalue weighted by Gasteiger charge is 2.15. The molecular formula is C10H21ClN2. The summed E-state index contributed by atoms with van der Waals surface area (Å²) in [4.78, 5) is 0. The molecule has 3 heteroatoms. The number of halogens is 1. The van der Waals surface area contributed by atoms with Crippen molar-refractivity contribution < 1.29 is 17.0 Å². The van der Waals surface area contributed by atoms with Crippen LogP contribution in [0.5, 0.6) is 0 Å². The summed E-state index contributed by atoms with van der Waals surface area (Å²) in [5.74, 6) is 1.45. The third-order valence-corrected chi connectivity index (χ3v) is 2.50. The molecule has 0 amide bonds. The molecule has 0 atom stereocenters. The Kier molecular flexibility index (Phi) is 7.06. The summed E-state index contributed by atoms with van der Waals surface area (Å²) in [7, 11) is 2.18. The van der Waals surface area contributed by atoms with Crippen molar-refractivity contribution in [1.82, 2.24) is 5.32 Å². The average Bonchev–Trinajstić information content (AvgIpc) is 2.46. The van der Waals surface area contributed by atoms with Gasteiger partial charge >= 0.3 is 0 Å². The molecule has 0 aromatic rings. The predicted octanol–water partition coefficient (Wildman–Crippen LogP) is -1.40. The largest absolute Gasteiger partial charge is 1.00 e. The Labute approximate surface area is 87.8 Å². The smallest absolute Gasteiger partial charge is 0.244 e. The van der Waals surface area contributed by atoms with Crippen molar-refractivity contribution in [2.75, 3.05) is 20.1 Å². The van der Waals surface area contributed by atoms with Crippen molar-refractivity contribution >= 4 is 5.84 Å². The van der Waals surface area contributed by atoms with Gasteiger partial charge in [-0.3, -0.25) is 9.89 Å². The Morgan fingerprint density at radius 1 is 1.31 bits per heavy atom. The molecule has 1 aliphatic heterocycles. The molecule has 1 rings (SSSR count). The maximum atomic E-state index is 3.43. The molecular weight excluding hydrogens is 184 g/mol. The van der Waals surface area contributed by atoms with E-state index in [2.05, 4.69) is 23.9 Å². The van der Waals surface area contributed by atoms with Crippen LogP contribution in [0.2, 0.25) is 0 Å². The summed E-state index contributed by atoms with van der Waals surface area (Å²) in [5.41, 5.74) is 0. The minimum atomic E-state index is 0. The summed E-state index contributed by atoms with van der Waals surface area (Å²) < 4.78 is 2.34. The third-order valence-electron chi connectivity index (χ3n) is 2.50. The second kappa shape index (κ2) is 7.19. The molecule has 0 bridgehead atoms. The first-order valence-corrected chi connectivity index (χ1v) is 5.15. The van der Waals surface area contributed by atoms with Gasteiger partial charge in [0.1, 0.15) is 13.1 Å². The number of amidine groups is 1. The van der Waals surface area contributed by atoms with Crippen LogP contribution < -0.4 is 17.7 Å². The van der Waals surface area contributed by atoms with Gasteiger partial charge in [-0.05, 0) is 6.42 Å². The van der Waals surface area contributed by atoms with E-state index in [9.17, 15) is 0 Å². The third kappa shape index (κ3) is 4.51. The van der Waals surface area contributed by atoms with Crippen molar-refractivity contribution in [3.63, 3.8) is 0 Å². The molecule has 0 radical (unpaired) electrons. The van der Waals surface area contributed by atoms with Crippen molar-refractivity contribution in [2.24, 2.45) is 0 Å². The van der Waals surface area contributed by atoms with Gasteiger partial charge in [0.15, 0.2) is 0 Å². The lowest BCUT2D eigenvalue weighted by atomic mass is 10.1. The molecule has 1 N–H and O–H groups in total. The van der Waals surface area contributed by atoms with Gasteiger partial charge in [0.25, 0.3) is 0 Å². The Morgan fingerprint density at radius 2 is 2.08 bits per heavy atom. The summed E-state index contributed by atoms with van der Waals surface area (Å²) >= 11 is 0. The summed E-state index contributed by atoms with van der Waals surface area (Å²) in [6, 6.07) is 0. The van der Waals surface area contributed by atoms with Gasteiger partial charge in [-0.1, -0.05) is 26.2 Å². The maximum Gasteiger partial charge on any atom is 0.244 e. The van der Waals surface area contributed by atoms with Crippen LogP contribution >= 0.6 is 0 Å². The van der Waals surface area contributed by atoms with Crippen molar-refractivity contribution in [3.05, 3.63) is 0 Å². The Morgan fingerprint density at radius 3 is 2.62 bits per heavy atom. The van der Waals surface area contributed by atoms with Gasteiger partial charge in [0, 0.05) is 6.42 Å². The fraction of sp³-hybridized carbons (Fsp3) is 0.900. The molecule has 0 aliphatic carbocycles. The first-order valence-electron chi connectivity index (χ1n) is 5.15. The predicted molar refractivity (Wildman–Crippen MR) is 52.8 cm³/mol. The van der Waals surface area contributed by atoms with Gasteiger partial charge in [-0.25, -0.2) is 0 Å². The molecule has 2 nitrogen and oxygen atoms in total. The Bertz CT molecular complexity index is 166. The number of nitrogens with zero attached hydrogens (tertiary/aromatic N) is 1. The van der Waals surface area contributed by atoms with E-state index in [0.717, 1.165) is 6.54 Å². The van der Waals surface area contributed by atoms with Crippen molar-refractivity contribution in [3.8, 4) is 0 Å². The molecule has 0 fully saturated rings. The quantitative estimate of drug-likeness (QED) is 0.431. The van der Waals surface area contributed by atoms with E-state index in [4.69, 9.17) is 0 Å². The van der Waals surface area contributed by atoms with Gasteiger partial charge in [0.2, 0.25) is 5.84 Å². The Balaban J connectivity index is 0.00000144. The van der Waals surface area contributed by atoms with Crippen LogP contribution in [0.1, 0.15) is 39.0 Å². The lowest BCUT2D eigenvalue weighted by Crippen LogP contribution is -3.00. The summed E-state index contributed by atoms with van der Waals surface area (Å²) in [5, 5.41) is 3.43. The zero-order valence-corrected chi connectivity index (χ0v) is 9.53. The van der Waals surface area contributed by atoms with Crippen LogP contribution in [0, 0.1) is 0 Å². The molecule has 0 aromatic carbocycles. The second-order valence-corrected chi connectivity index (χ2v) is 3.61. The number of hydrogen-bond donors (Lipinski definition) is 1. The molecule has 0 saturated heterocycles. The number of rotatable bonds is 5. The maximum absolute atomic E-state index is 3.43. The molecule has 0 spiro atoms. The number of hydrogen-bond acceptors (Lipinski definition) is 1. The minimum absolute atomic E-state index is 0. The lowest BCUT2D eigenvalue weighted by Gasteiger charge is -1.98. The van der Waals surface area contributed by atoms with Crippen LogP contribution in [0.3, 0.4) is 0 Å². The zero-order valence-electron chi connectivity index (χ0n) is 8.77. The highest BCUT2D eigenvalue weighted by atomic mass is 35.5. The van der Waals surface area contributed by atoms with E-state index < -0.39 is 0 Å². The highest BCUT2D eigenvalue weighted by Crippen LogP contribution is 2.03. The van der Waals surface area contributed by atoms with Crippen LogP contribution in [-0.2, 0) is 0 Å². The van der Waals surface area contributed by atoms with E-state index in [1.165, 1.54) is 44.5 Å². The number of nitrogens with one attached hydrogen (secondary N) is 1. The zero-order chi connectivity index (χ0) is 8.81. The second-order valence-electron chi connectivity index (χ2n) is 3.61. The van der Waals surface area contributed by atoms with Crippen LogP contribution in [-0.4, -0.2) is 30.5 Å². The molecule has 1 aliphatic rings. The minimum Gasteiger partial charge on any atom is -1.00 e. The van der Waals surface area contributed by atoms with E-state index in [1.54, 1.807) is 0 Å². The van der Waals surface area contributed by atoms with Crippen LogP contribution in [0.4, 0.5) is 0 Å². The van der Waals surface area contributed by atoms with Gasteiger partial charge in [0.05, 0.1) is 7.05 Å². The SMILES string of the molecule is CCCCCCC1=[N+](C)CCN1.[Cl-]. The molecule has 0 saturated carbocycles. The van der Waals surface area contributed by atoms with E-state index >= 15 is 0 Å². The van der Waals surface area contributed by atoms with Gasteiger partial charge in [-0.2, -0.15) is 0 Å². The number of unbranched alkanes of at least 4 members (excludes halogenated alkanes) is 3. The first kappa shape index (κ1) is 12.8. The highest BCUT2D eigenvalue weighted by molar-refractivity contribution is 5.78. The topological polar surface area (TPSA) is 15.0 Å². The molecule has 0 unspecified atom stereocenters. The standard InChI is InChI=1S/C10H20N2.ClH/c1-3-4-5-6-7-10-11-8-9-12(10)2;/h3-9H2,1-2H3;1H. The van der Waals surface area contributed by atoms with Crippen LogP contribution in [0.15, 0.2) is 0 Å². The van der Waals surface area contributed by atoms with E-state index in [0.29, 0.717) is 0 Å². The van der Waals surface area contributed by atoms with Gasteiger partial charge < -0.3 is 12.4 Å². The van der Waals surface area contributed by atoms with E-state index in [-0.39, 0.29) is 12.4 Å². The molecule has 0 aromatic heterocycles. The fourth-order valence-electron chi connectivity index (χ4n) is 1.64. The van der Waals surface area contributed by atoms with Crippen molar-refractivity contribution in [2.45, 2.75) is 39.0 Å². The normalized spacial score (nSPS) is 15.5. The average molecular weight is 205 g/mol. The lowest BCUT2D eigenvalue weighted by molar-refractivity contribution is -0.487. The summed E-state index contributed by atoms with van der Waals surface area (Å²) in [6.07, 6.45) is 6.70. The van der Waals surface area contributed by atoms with Gasteiger partial charge in [-0.15, -0.1) is 0 Å². The molecule has 78 valence electrons. The first-order chi connectivity index (χ1) is 5.84. The monoisotopic (exact) mass is 204 g/mol. The number of likely N-dealkylation sites (N-methyl/N-ethyl adjacent to an activating group) is 1. The van der Waals surface area contributed by atoms with Crippen molar-refractivity contribution in [1.29, 1.82) is 0 Å². The Hall–Kier alpha value is -0.240. The fourth-order valence-corrected chi connectivity index (χ4v) is 1.64. The molecule has 1 heterocycles. The summed E-state index contributed by atoms with van der Waals surface area (Å²) in [6.45, 7) is 4.58. The van der Waals surface area contributed by atoms with E-state index in [1.807, 2.05) is 0 Å². The molecule has 13 heavy (non-hydrogen) atoms.